The third kappa shape index (κ3) is 5.32. The first-order valence-electron chi connectivity index (χ1n) is 10.3. The zero-order valence-electron chi connectivity index (χ0n) is 17.8. The van der Waals surface area contributed by atoms with E-state index >= 15 is 0 Å². The van der Waals surface area contributed by atoms with E-state index in [4.69, 9.17) is 4.74 Å². The quantitative estimate of drug-likeness (QED) is 0.229. The third-order valence-electron chi connectivity index (χ3n) is 4.74. The summed E-state index contributed by atoms with van der Waals surface area (Å²) >= 11 is 2.53. The molecule has 0 saturated heterocycles. The molecule has 0 aliphatic rings. The highest BCUT2D eigenvalue weighted by atomic mass is 32.2. The lowest BCUT2D eigenvalue weighted by molar-refractivity contribution is -0.113. The van der Waals surface area contributed by atoms with E-state index in [9.17, 15) is 14.4 Å². The Bertz CT molecular complexity index is 1350. The molecular formula is C24H21N3O4S2. The van der Waals surface area contributed by atoms with Crippen LogP contribution < -0.4 is 10.9 Å². The number of esters is 1. The number of nitrogens with zero attached hydrogens (tertiary/aromatic N) is 2. The number of carbonyl (C=O) groups is 2. The Balaban J connectivity index is 1.55. The van der Waals surface area contributed by atoms with E-state index in [0.717, 1.165) is 5.56 Å². The molecule has 0 fully saturated rings. The summed E-state index contributed by atoms with van der Waals surface area (Å²) in [5.41, 5.74) is 2.12. The van der Waals surface area contributed by atoms with Gasteiger partial charge in [0.25, 0.3) is 5.56 Å². The average Bonchev–Trinajstić information content (AvgIpc) is 3.30. The van der Waals surface area contributed by atoms with Crippen molar-refractivity contribution in [3.63, 3.8) is 0 Å². The second-order valence-corrected chi connectivity index (χ2v) is 8.87. The van der Waals surface area contributed by atoms with Gasteiger partial charge in [-0.05, 0) is 36.1 Å². The SMILES string of the molecule is CCOC(=O)c1ccccc1NC(=O)CSc1nc2ccsc2c(=O)n1Cc1ccccc1. The second kappa shape index (κ2) is 10.5. The third-order valence-corrected chi connectivity index (χ3v) is 6.61. The average molecular weight is 480 g/mol. The van der Waals surface area contributed by atoms with E-state index in [1.165, 1.54) is 23.1 Å². The van der Waals surface area contributed by atoms with Gasteiger partial charge in [0.1, 0.15) is 4.70 Å². The zero-order chi connectivity index (χ0) is 23.2. The van der Waals surface area contributed by atoms with Gasteiger partial charge >= 0.3 is 5.97 Å². The molecule has 7 nitrogen and oxygen atoms in total. The van der Waals surface area contributed by atoms with Crippen LogP contribution in [0.5, 0.6) is 0 Å². The Hall–Kier alpha value is -3.43. The first kappa shape index (κ1) is 22.8. The Kier molecular flexibility index (Phi) is 7.21. The Morgan fingerprint density at radius 3 is 2.64 bits per heavy atom. The lowest BCUT2D eigenvalue weighted by atomic mass is 10.2. The molecule has 0 spiro atoms. The van der Waals surface area contributed by atoms with Crippen molar-refractivity contribution in [3.05, 3.63) is 87.5 Å². The summed E-state index contributed by atoms with van der Waals surface area (Å²) < 4.78 is 7.24. The summed E-state index contributed by atoms with van der Waals surface area (Å²) in [5.74, 6) is -0.793. The van der Waals surface area contributed by atoms with E-state index < -0.39 is 5.97 Å². The van der Waals surface area contributed by atoms with Gasteiger partial charge in [-0.3, -0.25) is 14.2 Å². The largest absolute Gasteiger partial charge is 0.462 e. The van der Waals surface area contributed by atoms with E-state index in [-0.39, 0.29) is 29.4 Å². The van der Waals surface area contributed by atoms with Crippen molar-refractivity contribution in [2.75, 3.05) is 17.7 Å². The Labute approximate surface area is 198 Å². The highest BCUT2D eigenvalue weighted by molar-refractivity contribution is 7.99. The minimum absolute atomic E-state index is 0.0219. The van der Waals surface area contributed by atoms with Crippen LogP contribution in [0.4, 0.5) is 5.69 Å². The summed E-state index contributed by atoms with van der Waals surface area (Å²) in [4.78, 5) is 42.6. The van der Waals surface area contributed by atoms with E-state index in [2.05, 4.69) is 10.3 Å². The second-order valence-electron chi connectivity index (χ2n) is 7.01. The van der Waals surface area contributed by atoms with Gasteiger partial charge in [0.15, 0.2) is 5.16 Å². The van der Waals surface area contributed by atoms with Gasteiger partial charge in [0.05, 0.1) is 35.7 Å². The van der Waals surface area contributed by atoms with Crippen molar-refractivity contribution in [1.82, 2.24) is 9.55 Å². The highest BCUT2D eigenvalue weighted by Crippen LogP contribution is 2.23. The lowest BCUT2D eigenvalue weighted by Gasteiger charge is -2.13. The molecule has 0 radical (unpaired) electrons. The smallest absolute Gasteiger partial charge is 0.340 e. The fraction of sp³-hybridized carbons (Fsp3) is 0.167. The molecule has 33 heavy (non-hydrogen) atoms. The summed E-state index contributed by atoms with van der Waals surface area (Å²) in [6, 6.07) is 18.1. The molecule has 0 bridgehead atoms. The van der Waals surface area contributed by atoms with Gasteiger partial charge in [-0.15, -0.1) is 11.3 Å². The van der Waals surface area contributed by atoms with Crippen LogP contribution in [0.3, 0.4) is 0 Å². The van der Waals surface area contributed by atoms with Gasteiger partial charge in [-0.25, -0.2) is 9.78 Å². The van der Waals surface area contributed by atoms with Crippen LogP contribution in [0, 0.1) is 0 Å². The number of hydrogen-bond acceptors (Lipinski definition) is 7. The number of thioether (sulfide) groups is 1. The number of aromatic nitrogens is 2. The molecule has 2 heterocycles. The van der Waals surface area contributed by atoms with Crippen LogP contribution in [0.2, 0.25) is 0 Å². The molecule has 0 aliphatic heterocycles. The molecule has 2 aromatic carbocycles. The first-order valence-corrected chi connectivity index (χ1v) is 12.1. The summed E-state index contributed by atoms with van der Waals surface area (Å²) in [5, 5.41) is 5.06. The van der Waals surface area contributed by atoms with E-state index in [1.807, 2.05) is 35.7 Å². The van der Waals surface area contributed by atoms with Crippen LogP contribution in [-0.2, 0) is 16.1 Å². The Morgan fingerprint density at radius 1 is 1.09 bits per heavy atom. The van der Waals surface area contributed by atoms with Crippen LogP contribution in [0.15, 0.2) is 76.0 Å². The lowest BCUT2D eigenvalue weighted by Crippen LogP contribution is -2.24. The minimum Gasteiger partial charge on any atom is -0.462 e. The van der Waals surface area contributed by atoms with Crippen molar-refractivity contribution < 1.29 is 14.3 Å². The van der Waals surface area contributed by atoms with Crippen molar-refractivity contribution >= 4 is 50.9 Å². The topological polar surface area (TPSA) is 90.3 Å². The number of hydrogen-bond donors (Lipinski definition) is 1. The summed E-state index contributed by atoms with van der Waals surface area (Å²) in [7, 11) is 0. The van der Waals surface area contributed by atoms with Crippen LogP contribution in [0.1, 0.15) is 22.8 Å². The molecule has 1 amide bonds. The highest BCUT2D eigenvalue weighted by Gasteiger charge is 2.17. The number of ether oxygens (including phenoxy) is 1. The van der Waals surface area contributed by atoms with Crippen LogP contribution in [0.25, 0.3) is 10.2 Å². The molecule has 2 aromatic heterocycles. The van der Waals surface area contributed by atoms with Gasteiger partial charge in [0, 0.05) is 0 Å². The first-order chi connectivity index (χ1) is 16.1. The standard InChI is InChI=1S/C24H21N3O4S2/c1-2-31-23(30)17-10-6-7-11-18(17)25-20(28)15-33-24-26-19-12-13-32-21(19)22(29)27(24)14-16-8-4-3-5-9-16/h3-13H,2,14-15H2,1H3,(H,25,28). The number of anilines is 1. The maximum atomic E-state index is 13.1. The zero-order valence-corrected chi connectivity index (χ0v) is 19.4. The summed E-state index contributed by atoms with van der Waals surface area (Å²) in [6.45, 7) is 2.32. The molecule has 4 aromatic rings. The fourth-order valence-corrected chi connectivity index (χ4v) is 4.81. The number of fused-ring (bicyclic) bond motifs is 1. The molecule has 168 valence electrons. The van der Waals surface area contributed by atoms with E-state index in [0.29, 0.717) is 27.6 Å². The number of benzene rings is 2. The molecule has 0 unspecified atom stereocenters. The number of rotatable bonds is 8. The maximum absolute atomic E-state index is 13.1. The normalized spacial score (nSPS) is 10.8. The maximum Gasteiger partial charge on any atom is 0.340 e. The van der Waals surface area contributed by atoms with Crippen molar-refractivity contribution in [2.45, 2.75) is 18.6 Å². The van der Waals surface area contributed by atoms with Gasteiger partial charge in [0.2, 0.25) is 5.91 Å². The summed E-state index contributed by atoms with van der Waals surface area (Å²) in [6.07, 6.45) is 0. The number of amides is 1. The monoisotopic (exact) mass is 479 g/mol. The van der Waals surface area contributed by atoms with Crippen LogP contribution >= 0.6 is 23.1 Å². The molecule has 4 rings (SSSR count). The Morgan fingerprint density at radius 2 is 1.85 bits per heavy atom. The molecule has 9 heteroatoms. The minimum atomic E-state index is -0.498. The van der Waals surface area contributed by atoms with Gasteiger partial charge in [-0.1, -0.05) is 54.2 Å². The van der Waals surface area contributed by atoms with Gasteiger partial charge in [-0.2, -0.15) is 0 Å². The number of nitrogens with one attached hydrogen (secondary N) is 1. The number of thiophene rings is 1. The van der Waals surface area contributed by atoms with Gasteiger partial charge < -0.3 is 10.1 Å². The molecule has 0 atom stereocenters. The van der Waals surface area contributed by atoms with Crippen molar-refractivity contribution in [3.8, 4) is 0 Å². The predicted molar refractivity (Wildman–Crippen MR) is 131 cm³/mol. The molecule has 1 N–H and O–H groups in total. The number of carbonyl (C=O) groups excluding carboxylic acids is 2. The predicted octanol–water partition coefficient (Wildman–Crippen LogP) is 4.41. The van der Waals surface area contributed by atoms with E-state index in [1.54, 1.807) is 41.8 Å². The fourth-order valence-electron chi connectivity index (χ4n) is 3.23. The molecule has 0 aliphatic carbocycles. The van der Waals surface area contributed by atoms with Crippen molar-refractivity contribution in [2.24, 2.45) is 0 Å². The molecular weight excluding hydrogens is 458 g/mol. The van der Waals surface area contributed by atoms with Crippen LogP contribution in [-0.4, -0.2) is 33.8 Å². The molecule has 0 saturated carbocycles. The van der Waals surface area contributed by atoms with Crippen molar-refractivity contribution in [1.29, 1.82) is 0 Å². The number of para-hydroxylation sites is 1.